The van der Waals surface area contributed by atoms with Gasteiger partial charge in [-0.05, 0) is 26.3 Å². The Morgan fingerprint density at radius 3 is 2.50 bits per heavy atom. The molecule has 4 N–H and O–H groups in total. The smallest absolute Gasteiger partial charge is 0.309 e. The minimum absolute atomic E-state index is 0.0992. The zero-order chi connectivity index (χ0) is 21.9. The van der Waals surface area contributed by atoms with Crippen molar-refractivity contribution in [1.29, 1.82) is 0 Å². The largest absolute Gasteiger partial charge is 0.461 e. The third kappa shape index (κ3) is 3.24. The van der Waals surface area contributed by atoms with Crippen LogP contribution >= 0.6 is 0 Å². The van der Waals surface area contributed by atoms with E-state index in [4.69, 9.17) is 14.2 Å². The van der Waals surface area contributed by atoms with Crippen molar-refractivity contribution in [2.75, 3.05) is 6.61 Å². The lowest BCUT2D eigenvalue weighted by Gasteiger charge is -2.42. The van der Waals surface area contributed by atoms with Crippen molar-refractivity contribution in [3.63, 3.8) is 0 Å². The number of hydrogen-bond acceptors (Lipinski definition) is 9. The molecule has 2 heterocycles. The molecule has 0 spiro atoms. The Labute approximate surface area is 173 Å². The average Bonchev–Trinajstić information content (AvgIpc) is 3.11. The van der Waals surface area contributed by atoms with Crippen LogP contribution in [0.15, 0.2) is 22.8 Å². The summed E-state index contributed by atoms with van der Waals surface area (Å²) in [6.45, 7) is 4.86. The highest BCUT2D eigenvalue weighted by Gasteiger charge is 2.56. The van der Waals surface area contributed by atoms with Gasteiger partial charge in [0.2, 0.25) is 0 Å². The number of ether oxygens (including phenoxy) is 3. The maximum absolute atomic E-state index is 12.6. The summed E-state index contributed by atoms with van der Waals surface area (Å²) in [7, 11) is 0. The van der Waals surface area contributed by atoms with Crippen molar-refractivity contribution >= 4 is 11.8 Å². The molecule has 0 bridgehead atoms. The Morgan fingerprint density at radius 1 is 1.13 bits per heavy atom. The Bertz CT molecular complexity index is 800. The third-order valence-corrected chi connectivity index (χ3v) is 6.89. The van der Waals surface area contributed by atoms with Crippen molar-refractivity contribution in [3.05, 3.63) is 22.8 Å². The lowest BCUT2D eigenvalue weighted by Crippen LogP contribution is -2.60. The first-order valence-electron chi connectivity index (χ1n) is 10.2. The molecule has 2 aliphatic heterocycles. The number of carbonyl (C=O) groups excluding carboxylic acids is 2. The van der Waals surface area contributed by atoms with Crippen LogP contribution in [0.25, 0.3) is 0 Å². The van der Waals surface area contributed by atoms with Crippen LogP contribution in [0.1, 0.15) is 27.2 Å². The van der Waals surface area contributed by atoms with Crippen molar-refractivity contribution in [1.82, 2.24) is 0 Å². The summed E-state index contributed by atoms with van der Waals surface area (Å²) in [5.41, 5.74) is 2.26. The maximum Gasteiger partial charge on any atom is 0.309 e. The number of aliphatic hydroxyl groups is 4. The summed E-state index contributed by atoms with van der Waals surface area (Å²) in [6.07, 6.45) is -6.35. The van der Waals surface area contributed by atoms with Gasteiger partial charge in [-0.15, -0.1) is 0 Å². The molecular weight excluding hydrogens is 396 g/mol. The van der Waals surface area contributed by atoms with Gasteiger partial charge in [-0.25, -0.2) is 0 Å². The van der Waals surface area contributed by atoms with E-state index >= 15 is 0 Å². The molecule has 0 aromatic carbocycles. The SMILES string of the molecule is CC1=CC(=O)C2=C(C)C[C@H](O[C@@H]3O[C@H](CO)[C@@H](O)[C@@H](O)[C@@H]3O)[C@@H]3[C@H](OC(=O)[C@H]3C)[C@@H]12. The highest BCUT2D eigenvalue weighted by atomic mass is 16.7. The summed E-state index contributed by atoms with van der Waals surface area (Å²) in [5, 5.41) is 39.9. The van der Waals surface area contributed by atoms with E-state index in [9.17, 15) is 30.0 Å². The monoisotopic (exact) mass is 424 g/mol. The molecule has 10 atom stereocenters. The molecule has 9 nitrogen and oxygen atoms in total. The van der Waals surface area contributed by atoms with E-state index in [0.717, 1.165) is 11.1 Å². The van der Waals surface area contributed by atoms with Crippen molar-refractivity contribution in [3.8, 4) is 0 Å². The second-order valence-corrected chi connectivity index (χ2v) is 8.77. The standard InChI is InChI=1S/C21H28O9/c1-7-4-10(23)13-8(2)5-11(15-9(3)20(27)30-19(15)14(7)13)28-21-18(26)17(25)16(24)12(6-22)29-21/h4,9,11-12,14-19,21-22,24-26H,5-6H2,1-3H3/t9-,11-,12+,14-,15+,16+,17+,18-,19+,21+/m0/s1. The maximum atomic E-state index is 12.6. The molecule has 166 valence electrons. The topological polar surface area (TPSA) is 143 Å². The summed E-state index contributed by atoms with van der Waals surface area (Å²) in [5.74, 6) is -1.71. The fraction of sp³-hybridized carbons (Fsp3) is 0.714. The number of fused-ring (bicyclic) bond motifs is 3. The van der Waals surface area contributed by atoms with E-state index in [-0.39, 0.29) is 17.7 Å². The third-order valence-electron chi connectivity index (χ3n) is 6.89. The molecule has 0 saturated carbocycles. The van der Waals surface area contributed by atoms with Crippen LogP contribution in [0.4, 0.5) is 0 Å². The van der Waals surface area contributed by atoms with Gasteiger partial charge in [0, 0.05) is 17.4 Å². The molecule has 0 aromatic heterocycles. The second-order valence-electron chi connectivity index (χ2n) is 8.77. The molecule has 0 amide bonds. The van der Waals surface area contributed by atoms with E-state index in [2.05, 4.69) is 0 Å². The Morgan fingerprint density at radius 2 is 1.83 bits per heavy atom. The molecule has 30 heavy (non-hydrogen) atoms. The number of aliphatic hydroxyl groups excluding tert-OH is 4. The Hall–Kier alpha value is -1.62. The molecule has 4 rings (SSSR count). The molecular formula is C21H28O9. The predicted molar refractivity (Wildman–Crippen MR) is 101 cm³/mol. The molecule has 9 heteroatoms. The first-order chi connectivity index (χ1) is 14.1. The van der Waals surface area contributed by atoms with Gasteiger partial charge in [-0.1, -0.05) is 18.1 Å². The van der Waals surface area contributed by atoms with Crippen molar-refractivity contribution < 1.29 is 44.2 Å². The van der Waals surface area contributed by atoms with Gasteiger partial charge in [0.1, 0.15) is 30.5 Å². The molecule has 4 aliphatic rings. The van der Waals surface area contributed by atoms with Gasteiger partial charge in [-0.2, -0.15) is 0 Å². The zero-order valence-electron chi connectivity index (χ0n) is 17.1. The van der Waals surface area contributed by atoms with Gasteiger partial charge >= 0.3 is 5.97 Å². The lowest BCUT2D eigenvalue weighted by atomic mass is 9.79. The van der Waals surface area contributed by atoms with Gasteiger partial charge in [0.25, 0.3) is 0 Å². The number of hydrogen-bond donors (Lipinski definition) is 4. The van der Waals surface area contributed by atoms with Gasteiger partial charge in [-0.3, -0.25) is 9.59 Å². The van der Waals surface area contributed by atoms with Crippen LogP contribution in [-0.4, -0.2) is 81.7 Å². The van der Waals surface area contributed by atoms with Crippen molar-refractivity contribution in [2.24, 2.45) is 17.8 Å². The van der Waals surface area contributed by atoms with E-state index in [1.54, 1.807) is 13.0 Å². The van der Waals surface area contributed by atoms with Crippen LogP contribution in [0.3, 0.4) is 0 Å². The van der Waals surface area contributed by atoms with Crippen LogP contribution in [-0.2, 0) is 23.8 Å². The minimum Gasteiger partial charge on any atom is -0.461 e. The van der Waals surface area contributed by atoms with E-state index in [1.165, 1.54) is 0 Å². The first-order valence-corrected chi connectivity index (χ1v) is 10.2. The Balaban J connectivity index is 1.66. The van der Waals surface area contributed by atoms with E-state index in [1.807, 2.05) is 13.8 Å². The molecule has 0 unspecified atom stereocenters. The number of ketones is 1. The molecule has 0 radical (unpaired) electrons. The number of esters is 1. The van der Waals surface area contributed by atoms with Crippen LogP contribution in [0.2, 0.25) is 0 Å². The normalized spacial score (nSPS) is 46.3. The van der Waals surface area contributed by atoms with Crippen LogP contribution in [0, 0.1) is 17.8 Å². The fourth-order valence-electron chi connectivity index (χ4n) is 5.28. The van der Waals surface area contributed by atoms with Crippen molar-refractivity contribution in [2.45, 2.75) is 70.1 Å². The van der Waals surface area contributed by atoms with E-state index < -0.39 is 61.4 Å². The van der Waals surface area contributed by atoms with Gasteiger partial charge < -0.3 is 34.6 Å². The summed E-state index contributed by atoms with van der Waals surface area (Å²) < 4.78 is 17.3. The molecule has 0 aromatic rings. The summed E-state index contributed by atoms with van der Waals surface area (Å²) in [4.78, 5) is 25.0. The number of carbonyl (C=O) groups is 2. The molecule has 2 saturated heterocycles. The fourth-order valence-corrected chi connectivity index (χ4v) is 5.28. The van der Waals surface area contributed by atoms with Crippen LogP contribution < -0.4 is 0 Å². The average molecular weight is 424 g/mol. The Kier molecular flexibility index (Phi) is 5.63. The van der Waals surface area contributed by atoms with Crippen LogP contribution in [0.5, 0.6) is 0 Å². The van der Waals surface area contributed by atoms with Gasteiger partial charge in [0.15, 0.2) is 12.1 Å². The lowest BCUT2D eigenvalue weighted by molar-refractivity contribution is -0.316. The minimum atomic E-state index is -1.56. The molecule has 2 aliphatic carbocycles. The highest BCUT2D eigenvalue weighted by molar-refractivity contribution is 6.09. The molecule has 2 fully saturated rings. The summed E-state index contributed by atoms with van der Waals surface area (Å²) >= 11 is 0. The highest BCUT2D eigenvalue weighted by Crippen LogP contribution is 2.49. The first kappa shape index (κ1) is 21.6. The number of allylic oxidation sites excluding steroid dienone is 1. The zero-order valence-corrected chi connectivity index (χ0v) is 17.1. The quantitative estimate of drug-likeness (QED) is 0.429. The second kappa shape index (κ2) is 7.81. The summed E-state index contributed by atoms with van der Waals surface area (Å²) in [6, 6.07) is 0. The van der Waals surface area contributed by atoms with Gasteiger partial charge in [0.05, 0.1) is 18.6 Å². The number of rotatable bonds is 3. The predicted octanol–water partition coefficient (Wildman–Crippen LogP) is -0.785. The van der Waals surface area contributed by atoms with E-state index in [0.29, 0.717) is 12.0 Å².